The molecule has 0 aromatic heterocycles. The van der Waals surface area contributed by atoms with Crippen LogP contribution in [0, 0.1) is 0 Å². The number of anilines is 1. The van der Waals surface area contributed by atoms with Crippen molar-refractivity contribution < 1.29 is 23.7 Å². The van der Waals surface area contributed by atoms with Crippen molar-refractivity contribution in [3.05, 3.63) is 12.1 Å². The van der Waals surface area contributed by atoms with Crippen LogP contribution in [0.25, 0.3) is 0 Å². The summed E-state index contributed by atoms with van der Waals surface area (Å²) in [6, 6.07) is 3.43. The van der Waals surface area contributed by atoms with E-state index in [9.17, 15) is 4.79 Å². The maximum absolute atomic E-state index is 11.0. The van der Waals surface area contributed by atoms with Gasteiger partial charge in [0.2, 0.25) is 5.75 Å². The molecule has 1 aromatic rings. The number of benzene rings is 1. The Hall–Kier alpha value is -2.11. The van der Waals surface area contributed by atoms with Gasteiger partial charge in [-0.1, -0.05) is 0 Å². The molecule has 0 heterocycles. The van der Waals surface area contributed by atoms with Crippen LogP contribution >= 0.6 is 0 Å². The van der Waals surface area contributed by atoms with E-state index in [0.29, 0.717) is 22.9 Å². The standard InChI is InChI=1S/C12H17NO5/c1-15-9-5-8(13-7-11(14)17-3)6-10(16-2)12(9)18-4/h5-6,13H,7H2,1-4H3. The monoisotopic (exact) mass is 255 g/mol. The van der Waals surface area contributed by atoms with Crippen molar-refractivity contribution in [3.8, 4) is 17.2 Å². The number of carbonyl (C=O) groups excluding carboxylic acids is 1. The summed E-state index contributed by atoms with van der Waals surface area (Å²) in [5.74, 6) is 1.18. The van der Waals surface area contributed by atoms with Gasteiger partial charge < -0.3 is 24.3 Å². The van der Waals surface area contributed by atoms with E-state index in [2.05, 4.69) is 10.1 Å². The molecule has 0 aliphatic carbocycles. The molecule has 0 amide bonds. The van der Waals surface area contributed by atoms with E-state index < -0.39 is 0 Å². The van der Waals surface area contributed by atoms with Gasteiger partial charge in [0.25, 0.3) is 0 Å². The lowest BCUT2D eigenvalue weighted by atomic mass is 10.2. The van der Waals surface area contributed by atoms with Crippen LogP contribution in [0.1, 0.15) is 0 Å². The van der Waals surface area contributed by atoms with Crippen molar-refractivity contribution in [1.82, 2.24) is 0 Å². The minimum atomic E-state index is -0.358. The predicted octanol–water partition coefficient (Wildman–Crippen LogP) is 1.30. The minimum absolute atomic E-state index is 0.0646. The summed E-state index contributed by atoms with van der Waals surface area (Å²) in [5, 5.41) is 2.91. The van der Waals surface area contributed by atoms with Gasteiger partial charge in [0, 0.05) is 17.8 Å². The molecule has 0 saturated carbocycles. The Morgan fingerprint density at radius 1 is 1.06 bits per heavy atom. The van der Waals surface area contributed by atoms with Crippen LogP contribution in [0.5, 0.6) is 17.2 Å². The molecule has 0 aliphatic heterocycles. The van der Waals surface area contributed by atoms with Crippen molar-refractivity contribution in [2.24, 2.45) is 0 Å². The Bertz CT molecular complexity index is 394. The van der Waals surface area contributed by atoms with Crippen molar-refractivity contribution in [2.45, 2.75) is 0 Å². The second-order valence-electron chi connectivity index (χ2n) is 3.34. The number of carbonyl (C=O) groups is 1. The Balaban J connectivity index is 2.96. The van der Waals surface area contributed by atoms with Gasteiger partial charge >= 0.3 is 5.97 Å². The third-order valence-corrected chi connectivity index (χ3v) is 2.33. The zero-order valence-corrected chi connectivity index (χ0v) is 10.9. The van der Waals surface area contributed by atoms with Gasteiger partial charge in [-0.2, -0.15) is 0 Å². The molecule has 18 heavy (non-hydrogen) atoms. The second kappa shape index (κ2) is 6.58. The van der Waals surface area contributed by atoms with Gasteiger partial charge in [0.15, 0.2) is 11.5 Å². The molecule has 1 N–H and O–H groups in total. The smallest absolute Gasteiger partial charge is 0.325 e. The zero-order chi connectivity index (χ0) is 13.5. The summed E-state index contributed by atoms with van der Waals surface area (Å²) in [6.07, 6.45) is 0. The fourth-order valence-corrected chi connectivity index (χ4v) is 1.43. The molecule has 0 atom stereocenters. The summed E-state index contributed by atoms with van der Waals surface area (Å²) < 4.78 is 20.1. The third kappa shape index (κ3) is 3.19. The largest absolute Gasteiger partial charge is 0.493 e. The highest BCUT2D eigenvalue weighted by atomic mass is 16.5. The van der Waals surface area contributed by atoms with Gasteiger partial charge in [-0.15, -0.1) is 0 Å². The maximum atomic E-state index is 11.0. The lowest BCUT2D eigenvalue weighted by Crippen LogP contribution is -2.15. The number of hydrogen-bond acceptors (Lipinski definition) is 6. The van der Waals surface area contributed by atoms with Gasteiger partial charge in [-0.05, 0) is 0 Å². The first-order valence-electron chi connectivity index (χ1n) is 5.27. The number of esters is 1. The van der Waals surface area contributed by atoms with Gasteiger partial charge in [0.1, 0.15) is 6.54 Å². The maximum Gasteiger partial charge on any atom is 0.325 e. The Morgan fingerprint density at radius 2 is 1.61 bits per heavy atom. The number of hydrogen-bond donors (Lipinski definition) is 1. The Morgan fingerprint density at radius 3 is 2.00 bits per heavy atom. The van der Waals surface area contributed by atoms with Crippen LogP contribution in [0.2, 0.25) is 0 Å². The molecule has 0 aliphatic rings. The summed E-state index contributed by atoms with van der Waals surface area (Å²) in [5.41, 5.74) is 0.676. The molecular weight excluding hydrogens is 238 g/mol. The Kier molecular flexibility index (Phi) is 5.10. The molecule has 1 aromatic carbocycles. The normalized spacial score (nSPS) is 9.56. The Labute approximate surface area is 106 Å². The van der Waals surface area contributed by atoms with E-state index in [1.165, 1.54) is 28.4 Å². The molecule has 0 radical (unpaired) electrons. The van der Waals surface area contributed by atoms with Crippen LogP contribution in [-0.4, -0.2) is 41.0 Å². The third-order valence-electron chi connectivity index (χ3n) is 2.33. The molecule has 6 heteroatoms. The number of ether oxygens (including phenoxy) is 4. The SMILES string of the molecule is COC(=O)CNc1cc(OC)c(OC)c(OC)c1. The molecule has 0 spiro atoms. The highest BCUT2D eigenvalue weighted by molar-refractivity contribution is 5.75. The second-order valence-corrected chi connectivity index (χ2v) is 3.34. The van der Waals surface area contributed by atoms with E-state index in [1.807, 2.05) is 0 Å². The number of rotatable bonds is 6. The van der Waals surface area contributed by atoms with Crippen LogP contribution in [0.4, 0.5) is 5.69 Å². The highest BCUT2D eigenvalue weighted by Crippen LogP contribution is 2.39. The minimum Gasteiger partial charge on any atom is -0.493 e. The number of methoxy groups -OCH3 is 4. The zero-order valence-electron chi connectivity index (χ0n) is 10.9. The number of nitrogens with one attached hydrogen (secondary N) is 1. The van der Waals surface area contributed by atoms with Crippen LogP contribution < -0.4 is 19.5 Å². The first-order chi connectivity index (χ1) is 8.65. The highest BCUT2D eigenvalue weighted by Gasteiger charge is 2.13. The first kappa shape index (κ1) is 14.0. The molecule has 1 rings (SSSR count). The van der Waals surface area contributed by atoms with Gasteiger partial charge in [0.05, 0.1) is 28.4 Å². The summed E-state index contributed by atoms with van der Waals surface area (Å²) >= 11 is 0. The molecule has 0 fully saturated rings. The average Bonchev–Trinajstić information content (AvgIpc) is 2.43. The topological polar surface area (TPSA) is 66.0 Å². The molecule has 0 saturated heterocycles. The van der Waals surface area contributed by atoms with Crippen LogP contribution in [-0.2, 0) is 9.53 Å². The fraction of sp³-hybridized carbons (Fsp3) is 0.417. The molecule has 100 valence electrons. The molecular formula is C12H17NO5. The quantitative estimate of drug-likeness (QED) is 0.773. The lowest BCUT2D eigenvalue weighted by Gasteiger charge is -2.14. The summed E-state index contributed by atoms with van der Waals surface area (Å²) in [4.78, 5) is 11.0. The molecule has 6 nitrogen and oxygen atoms in total. The van der Waals surface area contributed by atoms with E-state index in [-0.39, 0.29) is 12.5 Å². The van der Waals surface area contributed by atoms with Gasteiger partial charge in [-0.3, -0.25) is 4.79 Å². The predicted molar refractivity (Wildman–Crippen MR) is 66.6 cm³/mol. The first-order valence-corrected chi connectivity index (χ1v) is 5.27. The van der Waals surface area contributed by atoms with Crippen LogP contribution in [0.3, 0.4) is 0 Å². The van der Waals surface area contributed by atoms with Crippen molar-refractivity contribution in [3.63, 3.8) is 0 Å². The van der Waals surface area contributed by atoms with E-state index in [0.717, 1.165) is 0 Å². The van der Waals surface area contributed by atoms with Gasteiger partial charge in [-0.25, -0.2) is 0 Å². The van der Waals surface area contributed by atoms with E-state index >= 15 is 0 Å². The lowest BCUT2D eigenvalue weighted by molar-refractivity contribution is -0.138. The summed E-state index contributed by atoms with van der Waals surface area (Å²) in [6.45, 7) is 0.0646. The average molecular weight is 255 g/mol. The van der Waals surface area contributed by atoms with E-state index in [4.69, 9.17) is 14.2 Å². The summed E-state index contributed by atoms with van der Waals surface area (Å²) in [7, 11) is 5.92. The van der Waals surface area contributed by atoms with Crippen molar-refractivity contribution >= 4 is 11.7 Å². The molecule has 0 bridgehead atoms. The fourth-order valence-electron chi connectivity index (χ4n) is 1.43. The van der Waals surface area contributed by atoms with Crippen molar-refractivity contribution in [1.29, 1.82) is 0 Å². The van der Waals surface area contributed by atoms with Crippen molar-refractivity contribution in [2.75, 3.05) is 40.3 Å². The molecule has 0 unspecified atom stereocenters. The van der Waals surface area contributed by atoms with E-state index in [1.54, 1.807) is 12.1 Å². The van der Waals surface area contributed by atoms with Crippen LogP contribution in [0.15, 0.2) is 12.1 Å².